The molecule has 2 aromatic rings. The van der Waals surface area contributed by atoms with E-state index in [1.165, 1.54) is 17.3 Å². The van der Waals surface area contributed by atoms with E-state index in [0.29, 0.717) is 6.54 Å². The number of nitrogens with one attached hydrogen (secondary N) is 1. The minimum atomic E-state index is -0.388. The molecule has 0 radical (unpaired) electrons. The Hall–Kier alpha value is -2.27. The van der Waals surface area contributed by atoms with Gasteiger partial charge in [0.15, 0.2) is 6.61 Å². The fourth-order valence-corrected chi connectivity index (χ4v) is 3.31. The SMILES string of the molecule is Cc1ccc(SCC(=O)OCC(=O)NC[C@@H](C)c2ccccc2)c(C)c1. The third kappa shape index (κ3) is 6.56. The van der Waals surface area contributed by atoms with Crippen molar-refractivity contribution in [1.82, 2.24) is 5.32 Å². The first-order valence-electron chi connectivity index (χ1n) is 8.63. The molecule has 0 unspecified atom stereocenters. The van der Waals surface area contributed by atoms with Crippen LogP contribution in [0.2, 0.25) is 0 Å². The Labute approximate surface area is 159 Å². The molecule has 1 N–H and O–H groups in total. The molecule has 0 saturated heterocycles. The van der Waals surface area contributed by atoms with Crippen LogP contribution in [0.25, 0.3) is 0 Å². The van der Waals surface area contributed by atoms with Crippen LogP contribution in [0.1, 0.15) is 29.5 Å². The van der Waals surface area contributed by atoms with Gasteiger partial charge in [0.25, 0.3) is 5.91 Å². The Morgan fingerprint density at radius 1 is 1.12 bits per heavy atom. The highest BCUT2D eigenvalue weighted by Gasteiger charge is 2.11. The summed E-state index contributed by atoms with van der Waals surface area (Å²) < 4.78 is 5.06. The number of esters is 1. The van der Waals surface area contributed by atoms with E-state index in [0.717, 1.165) is 16.0 Å². The molecule has 2 aromatic carbocycles. The average Bonchev–Trinajstić information content (AvgIpc) is 2.64. The van der Waals surface area contributed by atoms with Gasteiger partial charge in [0.05, 0.1) is 5.75 Å². The molecule has 0 bridgehead atoms. The molecule has 0 heterocycles. The van der Waals surface area contributed by atoms with E-state index in [4.69, 9.17) is 4.74 Å². The summed E-state index contributed by atoms with van der Waals surface area (Å²) in [7, 11) is 0. The van der Waals surface area contributed by atoms with Gasteiger partial charge in [0.2, 0.25) is 0 Å². The first-order chi connectivity index (χ1) is 12.5. The van der Waals surface area contributed by atoms with Crippen LogP contribution in [0.5, 0.6) is 0 Å². The van der Waals surface area contributed by atoms with Gasteiger partial charge in [-0.2, -0.15) is 0 Å². The van der Waals surface area contributed by atoms with E-state index < -0.39 is 0 Å². The Kier molecular flexibility index (Phi) is 7.73. The Balaban J connectivity index is 1.67. The van der Waals surface area contributed by atoms with E-state index >= 15 is 0 Å². The standard InChI is InChI=1S/C21H25NO3S/c1-15-9-10-19(16(2)11-15)26-14-21(24)25-13-20(23)22-12-17(3)18-7-5-4-6-8-18/h4-11,17H,12-14H2,1-3H3,(H,22,23)/t17-/m1/s1. The summed E-state index contributed by atoms with van der Waals surface area (Å²) in [5, 5.41) is 2.80. The molecule has 1 amide bonds. The van der Waals surface area contributed by atoms with Gasteiger partial charge in [-0.05, 0) is 37.0 Å². The van der Waals surface area contributed by atoms with E-state index in [9.17, 15) is 9.59 Å². The Bertz CT molecular complexity index is 746. The van der Waals surface area contributed by atoms with Crippen molar-refractivity contribution in [2.45, 2.75) is 31.6 Å². The van der Waals surface area contributed by atoms with Crippen LogP contribution in [0.15, 0.2) is 53.4 Å². The second-order valence-corrected chi connectivity index (χ2v) is 7.35. The number of hydrogen-bond acceptors (Lipinski definition) is 4. The topological polar surface area (TPSA) is 55.4 Å². The minimum Gasteiger partial charge on any atom is -0.455 e. The summed E-state index contributed by atoms with van der Waals surface area (Å²) in [5.41, 5.74) is 3.49. The van der Waals surface area contributed by atoms with Gasteiger partial charge in [-0.25, -0.2) is 0 Å². The summed E-state index contributed by atoms with van der Waals surface area (Å²) in [6.07, 6.45) is 0. The molecule has 0 spiro atoms. The van der Waals surface area contributed by atoms with Gasteiger partial charge in [-0.3, -0.25) is 9.59 Å². The van der Waals surface area contributed by atoms with Crippen LogP contribution in [0, 0.1) is 13.8 Å². The van der Waals surface area contributed by atoms with Crippen LogP contribution in [-0.2, 0) is 14.3 Å². The highest BCUT2D eigenvalue weighted by Crippen LogP contribution is 2.23. The largest absolute Gasteiger partial charge is 0.455 e. The third-order valence-corrected chi connectivity index (χ3v) is 5.16. The maximum atomic E-state index is 11.9. The maximum Gasteiger partial charge on any atom is 0.316 e. The molecule has 0 saturated carbocycles. The molecule has 5 heteroatoms. The van der Waals surface area contributed by atoms with Gasteiger partial charge in [-0.1, -0.05) is 55.0 Å². The summed E-state index contributed by atoms with van der Waals surface area (Å²) >= 11 is 1.42. The zero-order valence-corrected chi connectivity index (χ0v) is 16.3. The van der Waals surface area contributed by atoms with E-state index in [-0.39, 0.29) is 30.2 Å². The fourth-order valence-electron chi connectivity index (χ4n) is 2.50. The second kappa shape index (κ2) is 10.0. The van der Waals surface area contributed by atoms with Crippen molar-refractivity contribution in [2.24, 2.45) is 0 Å². The van der Waals surface area contributed by atoms with Crippen LogP contribution >= 0.6 is 11.8 Å². The van der Waals surface area contributed by atoms with E-state index in [2.05, 4.69) is 11.4 Å². The van der Waals surface area contributed by atoms with Crippen molar-refractivity contribution >= 4 is 23.6 Å². The highest BCUT2D eigenvalue weighted by molar-refractivity contribution is 8.00. The van der Waals surface area contributed by atoms with Gasteiger partial charge < -0.3 is 10.1 Å². The molecule has 0 aliphatic heterocycles. The molecule has 26 heavy (non-hydrogen) atoms. The molecular weight excluding hydrogens is 346 g/mol. The van der Waals surface area contributed by atoms with Gasteiger partial charge in [-0.15, -0.1) is 11.8 Å². The van der Waals surface area contributed by atoms with Crippen LogP contribution in [0.3, 0.4) is 0 Å². The lowest BCUT2D eigenvalue weighted by molar-refractivity contribution is -0.145. The quantitative estimate of drug-likeness (QED) is 0.565. The predicted octanol–water partition coefficient (Wildman–Crippen LogP) is 3.86. The number of amides is 1. The lowest BCUT2D eigenvalue weighted by Gasteiger charge is -2.13. The third-order valence-electron chi connectivity index (χ3n) is 4.01. The van der Waals surface area contributed by atoms with Crippen molar-refractivity contribution in [3.05, 3.63) is 65.2 Å². The minimum absolute atomic E-state index is 0.192. The van der Waals surface area contributed by atoms with Crippen LogP contribution in [-0.4, -0.2) is 30.8 Å². The summed E-state index contributed by atoms with van der Waals surface area (Å²) in [6, 6.07) is 16.1. The lowest BCUT2D eigenvalue weighted by atomic mass is 10.0. The molecule has 4 nitrogen and oxygen atoms in total. The van der Waals surface area contributed by atoms with Gasteiger partial charge in [0.1, 0.15) is 0 Å². The molecular formula is C21H25NO3S. The summed E-state index contributed by atoms with van der Waals surface area (Å²) in [5.74, 6) is -0.271. The van der Waals surface area contributed by atoms with Crippen LogP contribution < -0.4 is 5.32 Å². The number of benzene rings is 2. The zero-order valence-electron chi connectivity index (χ0n) is 15.5. The monoisotopic (exact) mass is 371 g/mol. The molecule has 0 aliphatic carbocycles. The molecule has 2 rings (SSSR count). The predicted molar refractivity (Wildman–Crippen MR) is 105 cm³/mol. The number of rotatable bonds is 8. The van der Waals surface area contributed by atoms with Crippen molar-refractivity contribution in [3.8, 4) is 0 Å². The fraction of sp³-hybridized carbons (Fsp3) is 0.333. The number of carbonyl (C=O) groups is 2. The molecule has 0 fully saturated rings. The zero-order chi connectivity index (χ0) is 18.9. The van der Waals surface area contributed by atoms with E-state index in [1.807, 2.05) is 63.2 Å². The Morgan fingerprint density at radius 3 is 2.54 bits per heavy atom. The number of carbonyl (C=O) groups excluding carboxylic acids is 2. The summed E-state index contributed by atoms with van der Waals surface area (Å²) in [4.78, 5) is 24.7. The Morgan fingerprint density at radius 2 is 1.85 bits per heavy atom. The van der Waals surface area contributed by atoms with Crippen molar-refractivity contribution in [2.75, 3.05) is 18.9 Å². The number of hydrogen-bond donors (Lipinski definition) is 1. The van der Waals surface area contributed by atoms with Crippen molar-refractivity contribution in [1.29, 1.82) is 0 Å². The number of aryl methyl sites for hydroxylation is 2. The maximum absolute atomic E-state index is 11.9. The molecule has 0 aliphatic rings. The molecule has 138 valence electrons. The van der Waals surface area contributed by atoms with Crippen molar-refractivity contribution in [3.63, 3.8) is 0 Å². The first-order valence-corrected chi connectivity index (χ1v) is 9.61. The first kappa shape index (κ1) is 20.0. The average molecular weight is 372 g/mol. The summed E-state index contributed by atoms with van der Waals surface area (Å²) in [6.45, 7) is 6.36. The number of thioether (sulfide) groups is 1. The highest BCUT2D eigenvalue weighted by atomic mass is 32.2. The van der Waals surface area contributed by atoms with Crippen molar-refractivity contribution < 1.29 is 14.3 Å². The smallest absolute Gasteiger partial charge is 0.316 e. The normalized spacial score (nSPS) is 11.7. The van der Waals surface area contributed by atoms with Crippen LogP contribution in [0.4, 0.5) is 0 Å². The van der Waals surface area contributed by atoms with Gasteiger partial charge in [0, 0.05) is 11.4 Å². The molecule has 1 atom stereocenters. The molecule has 0 aromatic heterocycles. The number of ether oxygens (including phenoxy) is 1. The lowest BCUT2D eigenvalue weighted by Crippen LogP contribution is -2.31. The second-order valence-electron chi connectivity index (χ2n) is 6.33. The van der Waals surface area contributed by atoms with Gasteiger partial charge >= 0.3 is 5.97 Å². The van der Waals surface area contributed by atoms with E-state index in [1.54, 1.807) is 0 Å².